The second kappa shape index (κ2) is 12.9. The van der Waals surface area contributed by atoms with Gasteiger partial charge in [-0.2, -0.15) is 0 Å². The van der Waals surface area contributed by atoms with E-state index in [1.807, 2.05) is 0 Å². The van der Waals surface area contributed by atoms with Crippen LogP contribution in [0, 0.1) is 13.8 Å². The molecule has 0 bridgehead atoms. The van der Waals surface area contributed by atoms with Crippen molar-refractivity contribution in [3.63, 3.8) is 0 Å². The van der Waals surface area contributed by atoms with Crippen molar-refractivity contribution in [1.82, 2.24) is 20.5 Å². The molecular formula is C18H34IN5OS. The molecule has 150 valence electrons. The number of rotatable bonds is 8. The first-order chi connectivity index (χ1) is 12.1. The Morgan fingerprint density at radius 2 is 2.04 bits per heavy atom. The Balaban J connectivity index is 0.00000338. The molecule has 1 aliphatic heterocycles. The summed E-state index contributed by atoms with van der Waals surface area (Å²) in [5.74, 6) is 0.890. The molecule has 2 rings (SSSR count). The molecule has 8 heteroatoms. The van der Waals surface area contributed by atoms with Crippen molar-refractivity contribution in [2.75, 3.05) is 39.3 Å². The van der Waals surface area contributed by atoms with Crippen LogP contribution in [-0.4, -0.2) is 66.3 Å². The lowest BCUT2D eigenvalue weighted by atomic mass is 10.1. The Morgan fingerprint density at radius 3 is 2.65 bits per heavy atom. The van der Waals surface area contributed by atoms with Crippen molar-refractivity contribution in [3.8, 4) is 0 Å². The summed E-state index contributed by atoms with van der Waals surface area (Å²) in [4.78, 5) is 13.0. The molecule has 0 spiro atoms. The minimum atomic E-state index is -0.0933. The predicted octanol–water partition coefficient (Wildman–Crippen LogP) is 2.32. The number of likely N-dealkylation sites (tertiary alicyclic amines) is 1. The average Bonchev–Trinajstić information content (AvgIpc) is 2.91. The van der Waals surface area contributed by atoms with E-state index in [1.54, 1.807) is 11.3 Å². The Kier molecular flexibility index (Phi) is 11.7. The normalized spacial score (nSPS) is 16.4. The highest BCUT2D eigenvalue weighted by Crippen LogP contribution is 2.16. The molecule has 2 heterocycles. The maximum Gasteiger partial charge on any atom is 0.191 e. The highest BCUT2D eigenvalue weighted by atomic mass is 127. The van der Waals surface area contributed by atoms with Crippen LogP contribution in [0.15, 0.2) is 4.99 Å². The van der Waals surface area contributed by atoms with Gasteiger partial charge in [0.2, 0.25) is 0 Å². The van der Waals surface area contributed by atoms with Gasteiger partial charge in [-0.05, 0) is 46.6 Å². The van der Waals surface area contributed by atoms with Gasteiger partial charge in [0.05, 0.1) is 16.8 Å². The van der Waals surface area contributed by atoms with Gasteiger partial charge < -0.3 is 20.6 Å². The third kappa shape index (κ3) is 8.49. The average molecular weight is 495 g/mol. The monoisotopic (exact) mass is 495 g/mol. The molecule has 0 radical (unpaired) electrons. The van der Waals surface area contributed by atoms with Crippen LogP contribution < -0.4 is 10.6 Å². The quantitative estimate of drug-likeness (QED) is 0.224. The Bertz CT molecular complexity index is 524. The molecule has 0 amide bonds. The van der Waals surface area contributed by atoms with E-state index in [2.05, 4.69) is 46.3 Å². The fourth-order valence-corrected chi connectivity index (χ4v) is 3.84. The van der Waals surface area contributed by atoms with Crippen LogP contribution in [0.5, 0.6) is 0 Å². The van der Waals surface area contributed by atoms with Crippen LogP contribution >= 0.6 is 35.3 Å². The lowest BCUT2D eigenvalue weighted by Gasteiger charge is -2.29. The highest BCUT2D eigenvalue weighted by Gasteiger charge is 2.15. The van der Waals surface area contributed by atoms with Gasteiger partial charge in [0, 0.05) is 44.0 Å². The van der Waals surface area contributed by atoms with Crippen molar-refractivity contribution in [3.05, 3.63) is 15.6 Å². The van der Waals surface area contributed by atoms with Gasteiger partial charge in [-0.3, -0.25) is 4.99 Å². The highest BCUT2D eigenvalue weighted by molar-refractivity contribution is 14.0. The number of aliphatic hydroxyl groups excluding tert-OH is 1. The van der Waals surface area contributed by atoms with E-state index < -0.39 is 0 Å². The number of guanidine groups is 1. The molecule has 0 atom stereocenters. The van der Waals surface area contributed by atoms with E-state index in [9.17, 15) is 5.11 Å². The SMILES string of the molecule is CCNC(=NCCCN1CCC(O)CC1)NCCc1nc(C)c(C)s1.I. The number of nitrogens with one attached hydrogen (secondary N) is 2. The second-order valence-corrected chi connectivity index (χ2v) is 7.90. The van der Waals surface area contributed by atoms with E-state index in [-0.39, 0.29) is 30.1 Å². The van der Waals surface area contributed by atoms with Crippen LogP contribution in [0.4, 0.5) is 0 Å². The molecule has 3 N–H and O–H groups in total. The summed E-state index contributed by atoms with van der Waals surface area (Å²) < 4.78 is 0. The van der Waals surface area contributed by atoms with E-state index in [1.165, 1.54) is 9.88 Å². The molecule has 1 aromatic rings. The smallest absolute Gasteiger partial charge is 0.191 e. The molecule has 0 unspecified atom stereocenters. The molecule has 1 fully saturated rings. The minimum absolute atomic E-state index is 0. The number of aliphatic imine (C=N–C) groups is 1. The van der Waals surface area contributed by atoms with E-state index in [4.69, 9.17) is 0 Å². The molecule has 1 aliphatic rings. The zero-order valence-electron chi connectivity index (χ0n) is 16.3. The Labute approximate surface area is 178 Å². The number of aromatic nitrogens is 1. The number of halogens is 1. The molecule has 1 aromatic heterocycles. The third-order valence-corrected chi connectivity index (χ3v) is 5.64. The van der Waals surface area contributed by atoms with Gasteiger partial charge in [0.1, 0.15) is 0 Å². The van der Waals surface area contributed by atoms with Crippen molar-refractivity contribution in [1.29, 1.82) is 0 Å². The van der Waals surface area contributed by atoms with E-state index in [0.717, 1.165) is 76.6 Å². The summed E-state index contributed by atoms with van der Waals surface area (Å²) in [6, 6.07) is 0. The van der Waals surface area contributed by atoms with Crippen molar-refractivity contribution < 1.29 is 5.11 Å². The predicted molar refractivity (Wildman–Crippen MR) is 121 cm³/mol. The number of piperidine rings is 1. The summed E-state index contributed by atoms with van der Waals surface area (Å²) in [7, 11) is 0. The van der Waals surface area contributed by atoms with Crippen LogP contribution in [-0.2, 0) is 6.42 Å². The lowest BCUT2D eigenvalue weighted by molar-refractivity contribution is 0.0824. The lowest BCUT2D eigenvalue weighted by Crippen LogP contribution is -2.39. The first kappa shape index (κ1) is 23.6. The summed E-state index contributed by atoms with van der Waals surface area (Å²) in [5.41, 5.74) is 1.14. The van der Waals surface area contributed by atoms with Crippen LogP contribution in [0.2, 0.25) is 0 Å². The maximum atomic E-state index is 9.54. The van der Waals surface area contributed by atoms with E-state index in [0.29, 0.717) is 0 Å². The zero-order valence-corrected chi connectivity index (χ0v) is 19.4. The molecule has 0 saturated carbocycles. The zero-order chi connectivity index (χ0) is 18.1. The van der Waals surface area contributed by atoms with Gasteiger partial charge in [0.15, 0.2) is 5.96 Å². The summed E-state index contributed by atoms with van der Waals surface area (Å²) >= 11 is 1.78. The second-order valence-electron chi connectivity index (χ2n) is 6.61. The van der Waals surface area contributed by atoms with Gasteiger partial charge in [-0.25, -0.2) is 4.98 Å². The Hall–Kier alpha value is -0.450. The molecular weight excluding hydrogens is 461 g/mol. The molecule has 0 aromatic carbocycles. The van der Waals surface area contributed by atoms with Gasteiger partial charge in [-0.15, -0.1) is 35.3 Å². The van der Waals surface area contributed by atoms with Gasteiger partial charge in [0.25, 0.3) is 0 Å². The fourth-order valence-electron chi connectivity index (χ4n) is 2.90. The number of nitrogens with zero attached hydrogens (tertiary/aromatic N) is 3. The number of aryl methyl sites for hydroxylation is 2. The number of hydrogen-bond acceptors (Lipinski definition) is 5. The van der Waals surface area contributed by atoms with Gasteiger partial charge in [-0.1, -0.05) is 0 Å². The van der Waals surface area contributed by atoms with E-state index >= 15 is 0 Å². The summed E-state index contributed by atoms with van der Waals surface area (Å²) in [5, 5.41) is 17.4. The van der Waals surface area contributed by atoms with Crippen molar-refractivity contribution in [2.24, 2.45) is 4.99 Å². The summed E-state index contributed by atoms with van der Waals surface area (Å²) in [6.45, 7) is 11.9. The number of thiazole rings is 1. The molecule has 0 aliphatic carbocycles. The standard InChI is InChI=1S/C18H33N5OS.HI/c1-4-19-18(21-10-6-17-22-14(2)15(3)25-17)20-9-5-11-23-12-7-16(24)8-13-23;/h16,24H,4-13H2,1-3H3,(H2,19,20,21);1H. The molecule has 26 heavy (non-hydrogen) atoms. The molecule has 6 nitrogen and oxygen atoms in total. The van der Waals surface area contributed by atoms with Crippen LogP contribution in [0.3, 0.4) is 0 Å². The first-order valence-corrected chi connectivity index (χ1v) is 10.3. The number of aliphatic hydroxyl groups is 1. The molecule has 1 saturated heterocycles. The third-order valence-electron chi connectivity index (χ3n) is 4.51. The first-order valence-electron chi connectivity index (χ1n) is 9.44. The van der Waals surface area contributed by atoms with Crippen molar-refractivity contribution >= 4 is 41.3 Å². The number of hydrogen-bond donors (Lipinski definition) is 3. The van der Waals surface area contributed by atoms with Gasteiger partial charge >= 0.3 is 0 Å². The topological polar surface area (TPSA) is 72.8 Å². The largest absolute Gasteiger partial charge is 0.393 e. The fraction of sp³-hybridized carbons (Fsp3) is 0.778. The maximum absolute atomic E-state index is 9.54. The summed E-state index contributed by atoms with van der Waals surface area (Å²) in [6.07, 6.45) is 3.70. The Morgan fingerprint density at radius 1 is 1.31 bits per heavy atom. The van der Waals surface area contributed by atoms with Crippen LogP contribution in [0.1, 0.15) is 41.8 Å². The van der Waals surface area contributed by atoms with Crippen LogP contribution in [0.25, 0.3) is 0 Å². The van der Waals surface area contributed by atoms with Crippen molar-refractivity contribution in [2.45, 2.75) is 52.6 Å². The minimum Gasteiger partial charge on any atom is -0.393 e.